The van der Waals surface area contributed by atoms with Gasteiger partial charge in [0, 0.05) is 0 Å². The van der Waals surface area contributed by atoms with Crippen LogP contribution in [-0.4, -0.2) is 23.1 Å². The predicted molar refractivity (Wildman–Crippen MR) is 43.1 cm³/mol. The molecule has 0 unspecified atom stereocenters. The first-order valence-electron chi connectivity index (χ1n) is 2.26. The van der Waals surface area contributed by atoms with Crippen LogP contribution >= 0.6 is 0 Å². The summed E-state index contributed by atoms with van der Waals surface area (Å²) in [6.07, 6.45) is 0. The van der Waals surface area contributed by atoms with Gasteiger partial charge in [-0.2, -0.15) is 24.6 Å². The second-order valence-corrected chi connectivity index (χ2v) is 1.49. The summed E-state index contributed by atoms with van der Waals surface area (Å²) in [5.74, 6) is 0. The quantitative estimate of drug-likeness (QED) is 0.372. The van der Waals surface area contributed by atoms with Crippen molar-refractivity contribution in [3.05, 3.63) is 50.2 Å². The third kappa shape index (κ3) is 4.37. The van der Waals surface area contributed by atoms with E-state index in [0.29, 0.717) is 0 Å². The first-order chi connectivity index (χ1) is 3.39. The van der Waals surface area contributed by atoms with Crippen molar-refractivity contribution in [3.8, 4) is 0 Å². The summed E-state index contributed by atoms with van der Waals surface area (Å²) in [6, 6.07) is 9.87. The van der Waals surface area contributed by atoms with Gasteiger partial charge in [-0.25, -0.2) is 0 Å². The molecule has 0 nitrogen and oxygen atoms in total. The Labute approximate surface area is 73.4 Å². The molecule has 0 spiro atoms. The van der Waals surface area contributed by atoms with Crippen LogP contribution in [0.4, 0.5) is 0 Å². The van der Waals surface area contributed by atoms with Gasteiger partial charge >= 0.3 is 23.1 Å². The maximum absolute atomic E-state index is 3.72. The predicted octanol–water partition coefficient (Wildman–Crippen LogP) is 1.94. The first kappa shape index (κ1) is 11.6. The van der Waals surface area contributed by atoms with Crippen molar-refractivity contribution in [2.75, 3.05) is 0 Å². The summed E-state index contributed by atoms with van der Waals surface area (Å²) in [5, 5.41) is 0. The molecule has 0 N–H and O–H groups in total. The SMILES string of the molecule is [CH2-]c1ccccc1.[CH3-].[Mg+2]. The average molecular weight is 130 g/mol. The second-order valence-electron chi connectivity index (χ2n) is 1.49. The number of hydrogen-bond donors (Lipinski definition) is 0. The minimum Gasteiger partial charge on any atom is -0.358 e. The monoisotopic (exact) mass is 130 g/mol. The molecule has 0 aliphatic heterocycles. The van der Waals surface area contributed by atoms with Crippen molar-refractivity contribution in [3.63, 3.8) is 0 Å². The van der Waals surface area contributed by atoms with E-state index in [-0.39, 0.29) is 30.5 Å². The van der Waals surface area contributed by atoms with Crippen molar-refractivity contribution in [2.45, 2.75) is 0 Å². The van der Waals surface area contributed by atoms with E-state index in [1.807, 2.05) is 30.3 Å². The standard InChI is InChI=1S/C7H7.CH3.Mg/c1-7-5-3-2-4-6-7;;/h2-6H,1H2;1H3;/q2*-1;+2. The van der Waals surface area contributed by atoms with Crippen molar-refractivity contribution in [1.82, 2.24) is 0 Å². The Hall–Kier alpha value is -0.144. The molecule has 1 aromatic carbocycles. The zero-order valence-corrected chi connectivity index (χ0v) is 7.22. The molecule has 9 heavy (non-hydrogen) atoms. The molecule has 0 fully saturated rings. The average Bonchev–Trinajstić information content (AvgIpc) is 1.69. The summed E-state index contributed by atoms with van der Waals surface area (Å²) in [6.45, 7) is 3.72. The van der Waals surface area contributed by atoms with Crippen LogP contribution in [0.5, 0.6) is 0 Å². The van der Waals surface area contributed by atoms with Crippen LogP contribution in [0.25, 0.3) is 0 Å². The maximum atomic E-state index is 3.72. The van der Waals surface area contributed by atoms with E-state index in [1.165, 1.54) is 0 Å². The minimum atomic E-state index is 0. The van der Waals surface area contributed by atoms with E-state index in [0.717, 1.165) is 5.56 Å². The molecule has 1 aromatic rings. The minimum absolute atomic E-state index is 0. The van der Waals surface area contributed by atoms with Crippen molar-refractivity contribution in [2.24, 2.45) is 0 Å². The number of benzene rings is 1. The van der Waals surface area contributed by atoms with Crippen molar-refractivity contribution >= 4 is 23.1 Å². The largest absolute Gasteiger partial charge is 2.00 e. The van der Waals surface area contributed by atoms with Crippen molar-refractivity contribution in [1.29, 1.82) is 0 Å². The first-order valence-corrected chi connectivity index (χ1v) is 2.26. The summed E-state index contributed by atoms with van der Waals surface area (Å²) in [5.41, 5.74) is 1.07. The van der Waals surface area contributed by atoms with Crippen LogP contribution in [0, 0.1) is 14.4 Å². The molecule has 0 saturated heterocycles. The molecule has 0 saturated carbocycles. The van der Waals surface area contributed by atoms with Crippen LogP contribution in [0.3, 0.4) is 0 Å². The van der Waals surface area contributed by atoms with Gasteiger partial charge in [-0.3, -0.25) is 0 Å². The summed E-state index contributed by atoms with van der Waals surface area (Å²) < 4.78 is 0. The van der Waals surface area contributed by atoms with Gasteiger partial charge in [0.1, 0.15) is 0 Å². The van der Waals surface area contributed by atoms with Gasteiger partial charge in [0.2, 0.25) is 0 Å². The van der Waals surface area contributed by atoms with Crippen LogP contribution in [0.1, 0.15) is 5.56 Å². The van der Waals surface area contributed by atoms with E-state index in [1.54, 1.807) is 0 Å². The van der Waals surface area contributed by atoms with Gasteiger partial charge in [0.25, 0.3) is 0 Å². The molecule has 44 valence electrons. The Morgan fingerprint density at radius 1 is 1.00 bits per heavy atom. The van der Waals surface area contributed by atoms with Crippen molar-refractivity contribution < 1.29 is 0 Å². The maximum Gasteiger partial charge on any atom is 2.00 e. The molecule has 0 radical (unpaired) electrons. The van der Waals surface area contributed by atoms with Crippen LogP contribution < -0.4 is 0 Å². The van der Waals surface area contributed by atoms with Crippen LogP contribution in [-0.2, 0) is 0 Å². The number of hydrogen-bond acceptors (Lipinski definition) is 0. The van der Waals surface area contributed by atoms with Gasteiger partial charge in [-0.15, -0.1) is 12.1 Å². The molecule has 0 bridgehead atoms. The smallest absolute Gasteiger partial charge is 0.358 e. The summed E-state index contributed by atoms with van der Waals surface area (Å²) >= 11 is 0. The summed E-state index contributed by atoms with van der Waals surface area (Å²) in [4.78, 5) is 0. The molecule has 0 aliphatic rings. The Morgan fingerprint density at radius 3 is 1.67 bits per heavy atom. The molecule has 1 heteroatoms. The fourth-order valence-electron chi connectivity index (χ4n) is 0.478. The Kier molecular flexibility index (Phi) is 7.73. The van der Waals surface area contributed by atoms with Gasteiger partial charge in [-0.05, 0) is 0 Å². The zero-order valence-electron chi connectivity index (χ0n) is 5.80. The Balaban J connectivity index is 0. The van der Waals surface area contributed by atoms with E-state index in [2.05, 4.69) is 6.92 Å². The van der Waals surface area contributed by atoms with Gasteiger partial charge < -0.3 is 7.43 Å². The van der Waals surface area contributed by atoms with Crippen LogP contribution in [0.15, 0.2) is 30.3 Å². The van der Waals surface area contributed by atoms with Gasteiger partial charge in [0.15, 0.2) is 0 Å². The fraction of sp³-hybridized carbons (Fsp3) is 0. The Bertz CT molecular complexity index is 134. The summed E-state index contributed by atoms with van der Waals surface area (Å²) in [7, 11) is 0. The molecular formula is C8H10Mg. The Morgan fingerprint density at radius 2 is 1.44 bits per heavy atom. The molecule has 0 amide bonds. The molecule has 0 aliphatic carbocycles. The third-order valence-electron chi connectivity index (χ3n) is 0.843. The number of rotatable bonds is 0. The molecule has 0 atom stereocenters. The molecular weight excluding hydrogens is 120 g/mol. The molecule has 0 heterocycles. The van der Waals surface area contributed by atoms with Crippen LogP contribution in [0.2, 0.25) is 0 Å². The molecule has 0 aromatic heterocycles. The normalized spacial score (nSPS) is 6.67. The zero-order chi connectivity index (χ0) is 5.11. The third-order valence-corrected chi connectivity index (χ3v) is 0.843. The van der Waals surface area contributed by atoms with Gasteiger partial charge in [0.05, 0.1) is 0 Å². The van der Waals surface area contributed by atoms with E-state index in [9.17, 15) is 0 Å². The topological polar surface area (TPSA) is 0 Å². The van der Waals surface area contributed by atoms with E-state index in [4.69, 9.17) is 0 Å². The van der Waals surface area contributed by atoms with E-state index < -0.39 is 0 Å². The molecule has 1 rings (SSSR count). The second kappa shape index (κ2) is 5.98. The van der Waals surface area contributed by atoms with E-state index >= 15 is 0 Å². The fourth-order valence-corrected chi connectivity index (χ4v) is 0.478. The van der Waals surface area contributed by atoms with Gasteiger partial charge in [-0.1, -0.05) is 6.07 Å².